The SMILES string of the molecule is CC(C)(CC(C)(C)[n+]1ccccc1C(C(C)(C)C)C(C)(C)C)CS(=O)(=O)O. The van der Waals surface area contributed by atoms with Crippen LogP contribution in [-0.4, -0.2) is 18.7 Å². The zero-order valence-corrected chi connectivity index (χ0v) is 19.7. The van der Waals surface area contributed by atoms with Gasteiger partial charge in [-0.05, 0) is 16.2 Å². The molecule has 4 nitrogen and oxygen atoms in total. The van der Waals surface area contributed by atoms with Crippen LogP contribution >= 0.6 is 0 Å². The zero-order chi connectivity index (χ0) is 21.5. The molecule has 1 aromatic rings. The summed E-state index contributed by atoms with van der Waals surface area (Å²) in [6, 6.07) is 6.30. The van der Waals surface area contributed by atoms with E-state index in [1.165, 1.54) is 5.69 Å². The minimum Gasteiger partial charge on any atom is -0.286 e. The third kappa shape index (κ3) is 6.86. The van der Waals surface area contributed by atoms with Gasteiger partial charge in [0, 0.05) is 32.4 Å². The van der Waals surface area contributed by atoms with Crippen LogP contribution in [0.25, 0.3) is 0 Å². The number of nitrogens with zero attached hydrogens (tertiary/aromatic N) is 1. The second kappa shape index (κ2) is 7.47. The van der Waals surface area contributed by atoms with E-state index in [9.17, 15) is 13.0 Å². The fourth-order valence-corrected chi connectivity index (χ4v) is 6.32. The van der Waals surface area contributed by atoms with Crippen molar-refractivity contribution in [2.24, 2.45) is 16.2 Å². The Bertz CT molecular complexity index is 736. The molecule has 0 unspecified atom stereocenters. The van der Waals surface area contributed by atoms with Crippen LogP contribution in [0.1, 0.15) is 87.3 Å². The van der Waals surface area contributed by atoms with Crippen LogP contribution in [0.4, 0.5) is 0 Å². The average Bonchev–Trinajstić information content (AvgIpc) is 2.30. The van der Waals surface area contributed by atoms with Gasteiger partial charge in [-0.3, -0.25) is 4.55 Å². The van der Waals surface area contributed by atoms with Crippen molar-refractivity contribution in [1.82, 2.24) is 0 Å². The van der Waals surface area contributed by atoms with Gasteiger partial charge in [-0.15, -0.1) is 0 Å². The quantitative estimate of drug-likeness (QED) is 0.530. The van der Waals surface area contributed by atoms with Crippen molar-refractivity contribution >= 4 is 10.1 Å². The first-order chi connectivity index (χ1) is 11.8. The van der Waals surface area contributed by atoms with Crippen LogP contribution in [0.2, 0.25) is 0 Å². The van der Waals surface area contributed by atoms with E-state index < -0.39 is 15.5 Å². The molecular weight excluding hydrogens is 358 g/mol. The predicted octanol–water partition coefficient (Wildman–Crippen LogP) is 5.19. The molecule has 0 fully saturated rings. The van der Waals surface area contributed by atoms with Crippen molar-refractivity contribution in [3.05, 3.63) is 30.1 Å². The van der Waals surface area contributed by atoms with Crippen LogP contribution in [-0.2, 0) is 15.7 Å². The number of aromatic nitrogens is 1. The van der Waals surface area contributed by atoms with E-state index in [1.54, 1.807) is 0 Å². The van der Waals surface area contributed by atoms with Crippen LogP contribution in [0.15, 0.2) is 24.4 Å². The largest absolute Gasteiger partial charge is 0.286 e. The molecule has 5 heteroatoms. The zero-order valence-electron chi connectivity index (χ0n) is 18.9. The molecule has 0 aliphatic heterocycles. The second-order valence-corrected chi connectivity index (χ2v) is 13.0. The Kier molecular flexibility index (Phi) is 6.67. The second-order valence-electron chi connectivity index (χ2n) is 11.5. The maximum absolute atomic E-state index is 11.5. The van der Waals surface area contributed by atoms with Crippen molar-refractivity contribution in [3.63, 3.8) is 0 Å². The molecule has 0 saturated carbocycles. The van der Waals surface area contributed by atoms with E-state index in [0.717, 1.165) is 0 Å². The normalized spacial score (nSPS) is 14.7. The molecule has 1 N–H and O–H groups in total. The van der Waals surface area contributed by atoms with Crippen LogP contribution < -0.4 is 4.57 Å². The molecule has 0 aliphatic rings. The number of hydrogen-bond acceptors (Lipinski definition) is 2. The summed E-state index contributed by atoms with van der Waals surface area (Å²) in [6.07, 6.45) is 2.73. The monoisotopic (exact) mass is 398 g/mol. The molecular formula is C22H40NO3S+. The summed E-state index contributed by atoms with van der Waals surface area (Å²) in [4.78, 5) is 0. The maximum Gasteiger partial charge on any atom is 0.265 e. The highest BCUT2D eigenvalue weighted by Gasteiger charge is 2.45. The van der Waals surface area contributed by atoms with Crippen molar-refractivity contribution in [1.29, 1.82) is 0 Å². The topological polar surface area (TPSA) is 58.2 Å². The molecule has 0 atom stereocenters. The van der Waals surface area contributed by atoms with E-state index in [1.807, 2.05) is 19.9 Å². The fraction of sp³-hybridized carbons (Fsp3) is 0.773. The Morgan fingerprint density at radius 2 is 1.41 bits per heavy atom. The smallest absolute Gasteiger partial charge is 0.265 e. The summed E-state index contributed by atoms with van der Waals surface area (Å²) in [5.74, 6) is 0.0730. The molecule has 1 rings (SSSR count). The van der Waals surface area contributed by atoms with Gasteiger partial charge < -0.3 is 0 Å². The Balaban J connectivity index is 3.47. The van der Waals surface area contributed by atoms with Crippen molar-refractivity contribution < 1.29 is 17.5 Å². The number of pyridine rings is 1. The van der Waals surface area contributed by atoms with Gasteiger partial charge in [0.1, 0.15) is 0 Å². The summed E-state index contributed by atoms with van der Waals surface area (Å²) in [7, 11) is -4.02. The molecule has 0 aliphatic carbocycles. The highest BCUT2D eigenvalue weighted by Crippen LogP contribution is 2.46. The van der Waals surface area contributed by atoms with Gasteiger partial charge in [0.25, 0.3) is 10.1 Å². The first-order valence-corrected chi connectivity index (χ1v) is 11.3. The van der Waals surface area contributed by atoms with Crippen LogP contribution in [0.3, 0.4) is 0 Å². The first-order valence-electron chi connectivity index (χ1n) is 9.73. The molecule has 1 heterocycles. The van der Waals surface area contributed by atoms with E-state index >= 15 is 0 Å². The van der Waals surface area contributed by atoms with Gasteiger partial charge in [-0.2, -0.15) is 13.0 Å². The highest BCUT2D eigenvalue weighted by atomic mass is 32.2. The van der Waals surface area contributed by atoms with Crippen molar-refractivity contribution in [2.45, 2.75) is 87.1 Å². The number of rotatable bonds is 6. The van der Waals surface area contributed by atoms with Gasteiger partial charge in [-0.1, -0.05) is 61.5 Å². The van der Waals surface area contributed by atoms with Crippen LogP contribution in [0, 0.1) is 16.2 Å². The summed E-state index contributed by atoms with van der Waals surface area (Å²) >= 11 is 0. The Hall–Kier alpha value is -0.940. The summed E-state index contributed by atoms with van der Waals surface area (Å²) in [5.41, 5.74) is 0.545. The summed E-state index contributed by atoms with van der Waals surface area (Å²) < 4.78 is 34.6. The summed E-state index contributed by atoms with van der Waals surface area (Å²) in [5, 5.41) is 0. The molecule has 0 radical (unpaired) electrons. The molecule has 1 aromatic heterocycles. The predicted molar refractivity (Wildman–Crippen MR) is 112 cm³/mol. The Morgan fingerprint density at radius 1 is 0.926 bits per heavy atom. The lowest BCUT2D eigenvalue weighted by Crippen LogP contribution is -2.58. The molecule has 156 valence electrons. The minimum atomic E-state index is -4.02. The molecule has 0 saturated heterocycles. The Labute approximate surface area is 167 Å². The molecule has 0 bridgehead atoms. The van der Waals surface area contributed by atoms with Gasteiger partial charge in [0.2, 0.25) is 0 Å². The van der Waals surface area contributed by atoms with Gasteiger partial charge in [-0.25, -0.2) is 0 Å². The lowest BCUT2D eigenvalue weighted by molar-refractivity contribution is -0.768. The number of hydrogen-bond donors (Lipinski definition) is 1. The van der Waals surface area contributed by atoms with E-state index in [2.05, 4.69) is 78.3 Å². The van der Waals surface area contributed by atoms with Gasteiger partial charge in [0.05, 0.1) is 11.7 Å². The highest BCUT2D eigenvalue weighted by molar-refractivity contribution is 7.85. The lowest BCUT2D eigenvalue weighted by atomic mass is 9.64. The first kappa shape index (κ1) is 24.1. The lowest BCUT2D eigenvalue weighted by Gasteiger charge is -2.40. The third-order valence-electron chi connectivity index (χ3n) is 5.06. The average molecular weight is 399 g/mol. The third-order valence-corrected chi connectivity index (χ3v) is 6.20. The minimum absolute atomic E-state index is 0.0708. The van der Waals surface area contributed by atoms with E-state index in [-0.39, 0.29) is 22.1 Å². The molecule has 0 amide bonds. The van der Waals surface area contributed by atoms with Gasteiger partial charge in [0.15, 0.2) is 17.4 Å². The fourth-order valence-electron chi connectivity index (χ4n) is 5.23. The molecule has 0 aromatic carbocycles. The van der Waals surface area contributed by atoms with E-state index in [4.69, 9.17) is 0 Å². The van der Waals surface area contributed by atoms with Crippen LogP contribution in [0.5, 0.6) is 0 Å². The Morgan fingerprint density at radius 3 is 1.81 bits per heavy atom. The molecule has 27 heavy (non-hydrogen) atoms. The summed E-state index contributed by atoms with van der Waals surface area (Å²) in [6.45, 7) is 21.7. The maximum atomic E-state index is 11.5. The molecule has 0 spiro atoms. The van der Waals surface area contributed by atoms with Gasteiger partial charge >= 0.3 is 0 Å². The van der Waals surface area contributed by atoms with Crippen molar-refractivity contribution in [2.75, 3.05) is 5.75 Å². The van der Waals surface area contributed by atoms with Crippen molar-refractivity contribution in [3.8, 4) is 0 Å². The standard InChI is InChI=1S/C22H39NO3S/c1-19(2,3)18(20(4,5)6)17-13-11-12-14-23(17)22(9,10)15-21(7,8)16-27(24,25)26/h11-14,18H,15-16H2,1-10H3/p+1. The van der Waals surface area contributed by atoms with E-state index in [0.29, 0.717) is 12.3 Å².